The fraction of sp³-hybridized carbons (Fsp3) is 0.500. The average molecular weight is 591 g/mol. The van der Waals surface area contributed by atoms with Gasteiger partial charge in [-0.2, -0.15) is 18.4 Å². The zero-order valence-electron chi connectivity index (χ0n) is 23.1. The van der Waals surface area contributed by atoms with Gasteiger partial charge in [0.15, 0.2) is 0 Å². The van der Waals surface area contributed by atoms with E-state index in [4.69, 9.17) is 16.9 Å². The lowest BCUT2D eigenvalue weighted by Gasteiger charge is -2.40. The Morgan fingerprint density at radius 3 is 2.17 bits per heavy atom. The molecule has 0 bridgehead atoms. The molecule has 2 amide bonds. The first-order valence-electron chi connectivity index (χ1n) is 13.7. The van der Waals surface area contributed by atoms with Crippen molar-refractivity contribution < 1.29 is 27.9 Å². The van der Waals surface area contributed by atoms with Crippen LogP contribution in [0.2, 0.25) is 5.02 Å². The molecule has 2 aromatic rings. The predicted molar refractivity (Wildman–Crippen MR) is 149 cm³/mol. The van der Waals surface area contributed by atoms with E-state index in [1.165, 1.54) is 17.0 Å². The van der Waals surface area contributed by atoms with Crippen molar-refractivity contribution in [3.63, 3.8) is 0 Å². The van der Waals surface area contributed by atoms with Gasteiger partial charge in [0.25, 0.3) is 17.4 Å². The Labute approximate surface area is 243 Å². The van der Waals surface area contributed by atoms with Gasteiger partial charge in [0.1, 0.15) is 0 Å². The standard InChI is InChI=1S/C30H34ClF3N4O3/c1-36(2)27(39)25-7-6-24(18-26(25)31)37-12-8-20(9-13-37)16-21-10-14-38(15-11-21)28(40)29(41,30(32,33)34)23-5-3-4-22(17-23)19-35/h3-7,17-18,20-21,41H,8-16H2,1-2H3. The third kappa shape index (κ3) is 6.47. The Balaban J connectivity index is 1.31. The SMILES string of the molecule is CN(C)C(=O)c1ccc(N2CCC(CC3CCN(C(=O)C(O)(c4cccc(C#N)c4)C(F)(F)F)CC3)CC2)cc1Cl. The molecular weight excluding hydrogens is 557 g/mol. The molecule has 0 aliphatic carbocycles. The van der Waals surface area contributed by atoms with E-state index >= 15 is 0 Å². The number of halogens is 4. The molecule has 2 fully saturated rings. The summed E-state index contributed by atoms with van der Waals surface area (Å²) in [4.78, 5) is 30.2. The predicted octanol–water partition coefficient (Wildman–Crippen LogP) is 5.21. The first-order chi connectivity index (χ1) is 19.3. The molecule has 2 aliphatic rings. The van der Waals surface area contributed by atoms with E-state index in [2.05, 4.69) is 4.90 Å². The normalized spacial score (nSPS) is 18.5. The monoisotopic (exact) mass is 590 g/mol. The summed E-state index contributed by atoms with van der Waals surface area (Å²) in [6, 6.07) is 11.7. The number of nitrogens with zero attached hydrogens (tertiary/aromatic N) is 4. The maximum absolute atomic E-state index is 14.1. The minimum Gasteiger partial charge on any atom is -0.371 e. The van der Waals surface area contributed by atoms with E-state index in [-0.39, 0.29) is 30.5 Å². The van der Waals surface area contributed by atoms with E-state index in [0.29, 0.717) is 29.3 Å². The van der Waals surface area contributed by atoms with Crippen molar-refractivity contribution in [3.05, 3.63) is 64.2 Å². The molecule has 1 atom stereocenters. The van der Waals surface area contributed by atoms with E-state index in [1.807, 2.05) is 12.1 Å². The number of carbonyl (C=O) groups is 2. The van der Waals surface area contributed by atoms with Crippen molar-refractivity contribution in [2.45, 2.75) is 43.9 Å². The van der Waals surface area contributed by atoms with Crippen molar-refractivity contribution in [2.75, 3.05) is 45.2 Å². The van der Waals surface area contributed by atoms with Gasteiger partial charge in [-0.1, -0.05) is 23.7 Å². The average Bonchev–Trinajstić information content (AvgIpc) is 2.96. The van der Waals surface area contributed by atoms with Crippen LogP contribution < -0.4 is 4.90 Å². The first kappa shape index (κ1) is 30.7. The number of carbonyl (C=O) groups excluding carboxylic acids is 2. The van der Waals surface area contributed by atoms with Gasteiger partial charge in [-0.05, 0) is 74.3 Å². The number of hydrogen-bond acceptors (Lipinski definition) is 5. The minimum atomic E-state index is -5.24. The smallest absolute Gasteiger partial charge is 0.371 e. The van der Waals surface area contributed by atoms with Crippen LogP contribution in [0.1, 0.15) is 53.6 Å². The van der Waals surface area contributed by atoms with Crippen LogP contribution in [0, 0.1) is 23.2 Å². The topological polar surface area (TPSA) is 87.9 Å². The van der Waals surface area contributed by atoms with E-state index in [0.717, 1.165) is 55.1 Å². The lowest BCUT2D eigenvalue weighted by atomic mass is 9.82. The molecule has 0 radical (unpaired) electrons. The molecule has 41 heavy (non-hydrogen) atoms. The molecule has 1 unspecified atom stereocenters. The lowest BCUT2D eigenvalue weighted by molar-refractivity contribution is -0.262. The Morgan fingerprint density at radius 2 is 1.63 bits per heavy atom. The first-order valence-corrected chi connectivity index (χ1v) is 14.1. The largest absolute Gasteiger partial charge is 0.430 e. The Morgan fingerprint density at radius 1 is 1.02 bits per heavy atom. The summed E-state index contributed by atoms with van der Waals surface area (Å²) in [5, 5.41) is 20.2. The molecule has 4 rings (SSSR count). The van der Waals surface area contributed by atoms with Gasteiger partial charge in [0.2, 0.25) is 0 Å². The van der Waals surface area contributed by atoms with E-state index in [1.54, 1.807) is 26.2 Å². The maximum atomic E-state index is 14.1. The number of amides is 2. The van der Waals surface area contributed by atoms with Gasteiger partial charge in [-0.15, -0.1) is 0 Å². The van der Waals surface area contributed by atoms with Gasteiger partial charge in [-0.25, -0.2) is 0 Å². The fourth-order valence-corrected chi connectivity index (χ4v) is 6.09. The number of rotatable bonds is 6. The van der Waals surface area contributed by atoms with Crippen LogP contribution in [0.4, 0.5) is 18.9 Å². The van der Waals surface area contributed by atoms with Crippen molar-refractivity contribution in [2.24, 2.45) is 11.8 Å². The second-order valence-electron chi connectivity index (χ2n) is 11.2. The zero-order chi connectivity index (χ0) is 29.9. The highest BCUT2D eigenvalue weighted by molar-refractivity contribution is 6.34. The highest BCUT2D eigenvalue weighted by atomic mass is 35.5. The number of aliphatic hydroxyl groups is 1. The molecule has 1 N–H and O–H groups in total. The van der Waals surface area contributed by atoms with Crippen LogP contribution in [-0.4, -0.2) is 73.2 Å². The molecule has 7 nitrogen and oxygen atoms in total. The highest BCUT2D eigenvalue weighted by Crippen LogP contribution is 2.42. The van der Waals surface area contributed by atoms with Gasteiger partial charge in [0, 0.05) is 51.5 Å². The fourth-order valence-electron chi connectivity index (χ4n) is 5.84. The molecule has 0 saturated carbocycles. The Bertz CT molecular complexity index is 1310. The number of anilines is 1. The maximum Gasteiger partial charge on any atom is 0.430 e. The highest BCUT2D eigenvalue weighted by Gasteiger charge is 2.62. The molecule has 2 heterocycles. The molecule has 0 aromatic heterocycles. The number of benzene rings is 2. The van der Waals surface area contributed by atoms with Crippen LogP contribution in [0.25, 0.3) is 0 Å². The van der Waals surface area contributed by atoms with E-state index in [9.17, 15) is 27.9 Å². The molecule has 0 spiro atoms. The number of hydrogen-bond donors (Lipinski definition) is 1. The summed E-state index contributed by atoms with van der Waals surface area (Å²) in [5.74, 6) is -0.806. The van der Waals surface area contributed by atoms with Crippen molar-refractivity contribution in [1.82, 2.24) is 9.80 Å². The molecule has 2 aromatic carbocycles. The minimum absolute atomic E-state index is 0.0673. The third-order valence-corrected chi connectivity index (χ3v) is 8.58. The third-order valence-electron chi connectivity index (χ3n) is 8.27. The molecule has 220 valence electrons. The number of alkyl halides is 3. The molecular formula is C30H34ClF3N4O3. The summed E-state index contributed by atoms with van der Waals surface area (Å²) in [6.45, 7) is 1.93. The zero-order valence-corrected chi connectivity index (χ0v) is 23.9. The van der Waals surface area contributed by atoms with Crippen molar-refractivity contribution >= 4 is 29.1 Å². The molecule has 2 saturated heterocycles. The van der Waals surface area contributed by atoms with Gasteiger partial charge >= 0.3 is 6.18 Å². The molecule has 2 aliphatic heterocycles. The second-order valence-corrected chi connectivity index (χ2v) is 11.6. The van der Waals surface area contributed by atoms with Crippen molar-refractivity contribution in [3.8, 4) is 6.07 Å². The van der Waals surface area contributed by atoms with Crippen LogP contribution in [0.3, 0.4) is 0 Å². The van der Waals surface area contributed by atoms with E-state index < -0.39 is 23.2 Å². The Kier molecular flexibility index (Phi) is 9.19. The van der Waals surface area contributed by atoms with Crippen LogP contribution >= 0.6 is 11.6 Å². The lowest BCUT2D eigenvalue weighted by Crippen LogP contribution is -2.57. The number of likely N-dealkylation sites (tertiary alicyclic amines) is 1. The van der Waals surface area contributed by atoms with Crippen LogP contribution in [0.5, 0.6) is 0 Å². The van der Waals surface area contributed by atoms with Gasteiger partial charge in [0.05, 0.1) is 22.2 Å². The summed E-state index contributed by atoms with van der Waals surface area (Å²) in [6.07, 6.45) is -1.27. The summed E-state index contributed by atoms with van der Waals surface area (Å²) in [5.41, 5.74) is -3.00. The summed E-state index contributed by atoms with van der Waals surface area (Å²) in [7, 11) is 3.36. The number of piperidine rings is 2. The van der Waals surface area contributed by atoms with Gasteiger partial charge in [-0.3, -0.25) is 9.59 Å². The summed E-state index contributed by atoms with van der Waals surface area (Å²) < 4.78 is 42.2. The molecule has 11 heteroatoms. The van der Waals surface area contributed by atoms with Crippen LogP contribution in [0.15, 0.2) is 42.5 Å². The van der Waals surface area contributed by atoms with Crippen molar-refractivity contribution in [1.29, 1.82) is 5.26 Å². The quantitative estimate of drug-likeness (QED) is 0.499. The number of nitriles is 1. The Hall–Kier alpha value is -3.29. The van der Waals surface area contributed by atoms with Gasteiger partial charge < -0.3 is 19.8 Å². The second kappa shape index (κ2) is 12.3. The van der Waals surface area contributed by atoms with Crippen LogP contribution in [-0.2, 0) is 10.4 Å². The summed E-state index contributed by atoms with van der Waals surface area (Å²) >= 11 is 6.39.